The van der Waals surface area contributed by atoms with E-state index in [1.165, 1.54) is 32.4 Å². The summed E-state index contributed by atoms with van der Waals surface area (Å²) in [6.45, 7) is 0. The van der Waals surface area contributed by atoms with E-state index in [1.807, 2.05) is 0 Å². The molecule has 3 nitrogen and oxygen atoms in total. The molecule has 2 aromatic rings. The number of hydrogen-bond acceptors (Lipinski definition) is 3. The van der Waals surface area contributed by atoms with Crippen LogP contribution in [0.25, 0.3) is 0 Å². The molecule has 0 amide bonds. The topological polar surface area (TPSA) is 35.5 Å². The largest absolute Gasteiger partial charge is 0.497 e. The van der Waals surface area contributed by atoms with E-state index in [9.17, 15) is 18.0 Å². The highest BCUT2D eigenvalue weighted by Gasteiger charge is 2.21. The predicted molar refractivity (Wildman–Crippen MR) is 69.3 cm³/mol. The molecule has 6 heteroatoms. The molecule has 2 rings (SSSR count). The van der Waals surface area contributed by atoms with Gasteiger partial charge in [-0.1, -0.05) is 0 Å². The van der Waals surface area contributed by atoms with Crippen molar-refractivity contribution in [3.63, 3.8) is 0 Å². The third kappa shape index (κ3) is 2.99. The Morgan fingerprint density at radius 1 is 0.857 bits per heavy atom. The van der Waals surface area contributed by atoms with Crippen LogP contribution >= 0.6 is 0 Å². The first kappa shape index (κ1) is 14.9. The van der Waals surface area contributed by atoms with E-state index in [0.717, 1.165) is 0 Å². The van der Waals surface area contributed by atoms with Crippen molar-refractivity contribution in [3.8, 4) is 11.5 Å². The van der Waals surface area contributed by atoms with Crippen LogP contribution in [0.2, 0.25) is 0 Å². The maximum atomic E-state index is 13.6. The molecule has 0 bridgehead atoms. The first-order valence-electron chi connectivity index (χ1n) is 5.88. The van der Waals surface area contributed by atoms with Crippen LogP contribution in [0.5, 0.6) is 11.5 Å². The smallest absolute Gasteiger partial charge is 0.199 e. The first-order chi connectivity index (χ1) is 9.96. The number of rotatable bonds is 4. The van der Waals surface area contributed by atoms with Crippen molar-refractivity contribution in [2.45, 2.75) is 0 Å². The van der Waals surface area contributed by atoms with E-state index in [2.05, 4.69) is 0 Å². The number of ketones is 1. The van der Waals surface area contributed by atoms with Gasteiger partial charge in [0.1, 0.15) is 29.0 Å². The monoisotopic (exact) mass is 296 g/mol. The van der Waals surface area contributed by atoms with Crippen LogP contribution in [0.3, 0.4) is 0 Å². The van der Waals surface area contributed by atoms with Crippen LogP contribution in [0.4, 0.5) is 13.2 Å². The number of benzene rings is 2. The van der Waals surface area contributed by atoms with E-state index >= 15 is 0 Å². The SMILES string of the molecule is COc1cc(OC)cc(C(=O)c2c(F)cc(F)cc2F)c1. The zero-order chi connectivity index (χ0) is 15.6. The van der Waals surface area contributed by atoms with E-state index in [4.69, 9.17) is 9.47 Å². The van der Waals surface area contributed by atoms with E-state index < -0.39 is 28.8 Å². The van der Waals surface area contributed by atoms with E-state index in [-0.39, 0.29) is 5.56 Å². The lowest BCUT2D eigenvalue weighted by Crippen LogP contribution is -2.09. The molecule has 21 heavy (non-hydrogen) atoms. The van der Waals surface area contributed by atoms with Gasteiger partial charge in [0.15, 0.2) is 5.78 Å². The Morgan fingerprint density at radius 3 is 1.76 bits per heavy atom. The fraction of sp³-hybridized carbons (Fsp3) is 0.133. The lowest BCUT2D eigenvalue weighted by molar-refractivity contribution is 0.103. The molecule has 0 aliphatic heterocycles. The Hall–Kier alpha value is -2.50. The Bertz CT molecular complexity index is 653. The van der Waals surface area contributed by atoms with Gasteiger partial charge in [0.25, 0.3) is 0 Å². The molecule has 0 fully saturated rings. The number of ether oxygens (including phenoxy) is 2. The molecule has 0 aliphatic carbocycles. The average molecular weight is 296 g/mol. The minimum Gasteiger partial charge on any atom is -0.497 e. The van der Waals surface area contributed by atoms with Gasteiger partial charge >= 0.3 is 0 Å². The summed E-state index contributed by atoms with van der Waals surface area (Å²) in [5, 5.41) is 0. The van der Waals surface area contributed by atoms with Gasteiger partial charge in [0.05, 0.1) is 19.8 Å². The summed E-state index contributed by atoms with van der Waals surface area (Å²) in [7, 11) is 2.75. The van der Waals surface area contributed by atoms with Gasteiger partial charge in [-0.15, -0.1) is 0 Å². The van der Waals surface area contributed by atoms with Gasteiger partial charge in [-0.3, -0.25) is 4.79 Å². The summed E-state index contributed by atoms with van der Waals surface area (Å²) < 4.78 is 50.1. The third-order valence-corrected chi connectivity index (χ3v) is 2.85. The maximum absolute atomic E-state index is 13.6. The van der Waals surface area contributed by atoms with Crippen LogP contribution in [0, 0.1) is 17.5 Å². The van der Waals surface area contributed by atoms with Crippen molar-refractivity contribution in [2.75, 3.05) is 14.2 Å². The molecule has 0 spiro atoms. The molecule has 0 N–H and O–H groups in total. The molecule has 0 unspecified atom stereocenters. The van der Waals surface area contributed by atoms with Crippen molar-refractivity contribution in [1.82, 2.24) is 0 Å². The zero-order valence-corrected chi connectivity index (χ0v) is 11.2. The van der Waals surface area contributed by atoms with Crippen molar-refractivity contribution in [3.05, 3.63) is 58.9 Å². The van der Waals surface area contributed by atoms with Gasteiger partial charge in [0.2, 0.25) is 0 Å². The number of methoxy groups -OCH3 is 2. The average Bonchev–Trinajstić information content (AvgIpc) is 2.45. The van der Waals surface area contributed by atoms with Crippen LogP contribution in [0.1, 0.15) is 15.9 Å². The number of hydrogen-bond donors (Lipinski definition) is 0. The van der Waals surface area contributed by atoms with E-state index in [0.29, 0.717) is 23.6 Å². The van der Waals surface area contributed by atoms with Crippen molar-refractivity contribution >= 4 is 5.78 Å². The molecule has 0 saturated carbocycles. The van der Waals surface area contributed by atoms with Gasteiger partial charge in [-0.05, 0) is 12.1 Å². The summed E-state index contributed by atoms with van der Waals surface area (Å²) in [5.74, 6) is -3.97. The molecular weight excluding hydrogens is 285 g/mol. The number of carbonyl (C=O) groups excluding carboxylic acids is 1. The Balaban J connectivity index is 2.55. The van der Waals surface area contributed by atoms with Crippen LogP contribution in [-0.2, 0) is 0 Å². The standard InChI is InChI=1S/C15H11F3O3/c1-20-10-3-8(4-11(7-10)21-2)15(19)14-12(17)5-9(16)6-13(14)18/h3-7H,1-2H3. The van der Waals surface area contributed by atoms with E-state index in [1.54, 1.807) is 0 Å². The predicted octanol–water partition coefficient (Wildman–Crippen LogP) is 3.35. The van der Waals surface area contributed by atoms with Crippen molar-refractivity contribution < 1.29 is 27.4 Å². The minimum atomic E-state index is -1.26. The summed E-state index contributed by atoms with van der Waals surface area (Å²) in [6, 6.07) is 5.04. The number of halogens is 3. The summed E-state index contributed by atoms with van der Waals surface area (Å²) in [4.78, 5) is 12.2. The molecule has 2 aromatic carbocycles. The highest BCUT2D eigenvalue weighted by Crippen LogP contribution is 2.26. The highest BCUT2D eigenvalue weighted by atomic mass is 19.1. The van der Waals surface area contributed by atoms with Gasteiger partial charge < -0.3 is 9.47 Å². The van der Waals surface area contributed by atoms with Crippen molar-refractivity contribution in [2.24, 2.45) is 0 Å². The molecule has 110 valence electrons. The second-order valence-electron chi connectivity index (χ2n) is 4.17. The normalized spacial score (nSPS) is 10.3. The molecule has 0 aliphatic rings. The van der Waals surface area contributed by atoms with Gasteiger partial charge in [0, 0.05) is 23.8 Å². The molecule has 0 aromatic heterocycles. The van der Waals surface area contributed by atoms with Gasteiger partial charge in [-0.25, -0.2) is 13.2 Å². The highest BCUT2D eigenvalue weighted by molar-refractivity contribution is 6.09. The quantitative estimate of drug-likeness (QED) is 0.812. The fourth-order valence-electron chi connectivity index (χ4n) is 1.84. The molecule has 0 radical (unpaired) electrons. The third-order valence-electron chi connectivity index (χ3n) is 2.85. The lowest BCUT2D eigenvalue weighted by Gasteiger charge is -2.09. The zero-order valence-electron chi connectivity index (χ0n) is 11.2. The summed E-state index contributed by atoms with van der Waals surface area (Å²) in [6.07, 6.45) is 0. The van der Waals surface area contributed by atoms with Crippen LogP contribution in [-0.4, -0.2) is 20.0 Å². The molecule has 0 saturated heterocycles. The Morgan fingerprint density at radius 2 is 1.33 bits per heavy atom. The fourth-order valence-corrected chi connectivity index (χ4v) is 1.84. The maximum Gasteiger partial charge on any atom is 0.199 e. The molecule has 0 atom stereocenters. The minimum absolute atomic E-state index is 0.0318. The van der Waals surface area contributed by atoms with Crippen molar-refractivity contribution in [1.29, 1.82) is 0 Å². The second-order valence-corrected chi connectivity index (χ2v) is 4.17. The van der Waals surface area contributed by atoms with Gasteiger partial charge in [-0.2, -0.15) is 0 Å². The Labute approximate surface area is 118 Å². The summed E-state index contributed by atoms with van der Waals surface area (Å²) >= 11 is 0. The lowest BCUT2D eigenvalue weighted by atomic mass is 10.0. The second kappa shape index (κ2) is 5.87. The molecular formula is C15H11F3O3. The van der Waals surface area contributed by atoms with Crippen LogP contribution in [0.15, 0.2) is 30.3 Å². The summed E-state index contributed by atoms with van der Waals surface area (Å²) in [5.41, 5.74) is -0.859. The first-order valence-corrected chi connectivity index (χ1v) is 5.88. The number of carbonyl (C=O) groups is 1. The molecule has 0 heterocycles. The van der Waals surface area contributed by atoms with Crippen LogP contribution < -0.4 is 9.47 Å². The Kier molecular flexibility index (Phi) is 4.16.